The average molecular weight is 389 g/mol. The van der Waals surface area contributed by atoms with E-state index in [2.05, 4.69) is 0 Å². The summed E-state index contributed by atoms with van der Waals surface area (Å²) in [6, 6.07) is 0. The maximum Gasteiger partial charge on any atom is 0.341 e. The highest BCUT2D eigenvalue weighted by Crippen LogP contribution is 2.51. The third kappa shape index (κ3) is 2.44. The van der Waals surface area contributed by atoms with Gasteiger partial charge in [-0.25, -0.2) is 9.69 Å². The minimum absolute atomic E-state index is 0.149. The largest absolute Gasteiger partial charge is 0.465 e. The molecule has 3 aliphatic heterocycles. The molecule has 4 atom stereocenters. The van der Waals surface area contributed by atoms with Gasteiger partial charge in [-0.2, -0.15) is 0 Å². The van der Waals surface area contributed by atoms with Gasteiger partial charge in [-0.05, 0) is 44.1 Å². The number of carbonyl (C=O) groups excluding carboxylic acids is 3. The average Bonchev–Trinajstić information content (AvgIpc) is 3.38. The highest BCUT2D eigenvalue weighted by Gasteiger charge is 2.63. The highest BCUT2D eigenvalue weighted by atomic mass is 32.1. The van der Waals surface area contributed by atoms with Gasteiger partial charge in [0.15, 0.2) is 0 Å². The third-order valence-corrected chi connectivity index (χ3v) is 7.81. The highest BCUT2D eigenvalue weighted by molar-refractivity contribution is 7.17. The summed E-state index contributed by atoms with van der Waals surface area (Å²) in [5.41, 5.74) is 1.42. The lowest BCUT2D eigenvalue weighted by molar-refractivity contribution is -0.124. The van der Waals surface area contributed by atoms with E-state index in [9.17, 15) is 14.4 Å². The number of methoxy groups -OCH3 is 1. The molecule has 0 radical (unpaired) electrons. The first-order chi connectivity index (χ1) is 13.1. The van der Waals surface area contributed by atoms with Crippen molar-refractivity contribution in [2.75, 3.05) is 12.0 Å². The molecule has 1 aromatic heterocycles. The van der Waals surface area contributed by atoms with Gasteiger partial charge in [-0.15, -0.1) is 11.3 Å². The van der Waals surface area contributed by atoms with Crippen molar-refractivity contribution in [2.45, 2.75) is 63.6 Å². The Morgan fingerprint density at radius 3 is 2.30 bits per heavy atom. The summed E-state index contributed by atoms with van der Waals surface area (Å²) < 4.78 is 10.9. The number of thiophene rings is 1. The van der Waals surface area contributed by atoms with Crippen LogP contribution >= 0.6 is 11.3 Å². The topological polar surface area (TPSA) is 72.9 Å². The standard InChI is InChI=1S/C20H23NO5S/c1-25-20(24)14-10-6-4-2-3-5-7-13(10)27-19(14)21-17(22)15-11-8-9-12(26-11)16(15)18(21)23/h11-12,15-16H,2-9H2,1H3/t11-,12+,15-,16-/m0/s1. The van der Waals surface area contributed by atoms with Crippen LogP contribution in [0, 0.1) is 11.8 Å². The van der Waals surface area contributed by atoms with Crippen LogP contribution in [0.4, 0.5) is 5.00 Å². The van der Waals surface area contributed by atoms with Crippen LogP contribution in [-0.4, -0.2) is 37.1 Å². The van der Waals surface area contributed by atoms with E-state index in [1.807, 2.05) is 0 Å². The molecule has 3 fully saturated rings. The zero-order valence-corrected chi connectivity index (χ0v) is 16.2. The number of hydrogen-bond acceptors (Lipinski definition) is 6. The van der Waals surface area contributed by atoms with Crippen LogP contribution < -0.4 is 4.90 Å². The van der Waals surface area contributed by atoms with Crippen molar-refractivity contribution in [1.29, 1.82) is 0 Å². The maximum absolute atomic E-state index is 13.2. The Hall–Kier alpha value is -1.73. The molecule has 2 bridgehead atoms. The number of carbonyl (C=O) groups is 3. The van der Waals surface area contributed by atoms with Crippen LogP contribution in [0.3, 0.4) is 0 Å². The number of aryl methyl sites for hydroxylation is 1. The van der Waals surface area contributed by atoms with Gasteiger partial charge in [-0.3, -0.25) is 9.59 Å². The molecular weight excluding hydrogens is 366 g/mol. The van der Waals surface area contributed by atoms with Gasteiger partial charge in [0.2, 0.25) is 11.8 Å². The lowest BCUT2D eigenvalue weighted by Gasteiger charge is -2.17. The van der Waals surface area contributed by atoms with Crippen LogP contribution in [-0.2, 0) is 31.9 Å². The Balaban J connectivity index is 1.60. The molecule has 144 valence electrons. The predicted octanol–water partition coefficient (Wildman–Crippen LogP) is 2.86. The smallest absolute Gasteiger partial charge is 0.341 e. The summed E-state index contributed by atoms with van der Waals surface area (Å²) in [6.07, 6.45) is 7.46. The fraction of sp³-hybridized carbons (Fsp3) is 0.650. The van der Waals surface area contributed by atoms with Gasteiger partial charge in [0.25, 0.3) is 0 Å². The molecular formula is C20H23NO5S. The van der Waals surface area contributed by atoms with Crippen molar-refractivity contribution >= 4 is 34.1 Å². The Morgan fingerprint density at radius 2 is 1.67 bits per heavy atom. The molecule has 27 heavy (non-hydrogen) atoms. The second kappa shape index (κ2) is 6.41. The van der Waals surface area contributed by atoms with Crippen LogP contribution in [0.1, 0.15) is 59.3 Å². The van der Waals surface area contributed by atoms with Crippen molar-refractivity contribution in [3.8, 4) is 0 Å². The molecule has 0 spiro atoms. The van der Waals surface area contributed by atoms with Gasteiger partial charge < -0.3 is 9.47 Å². The third-order valence-electron chi connectivity index (χ3n) is 6.53. The van der Waals surface area contributed by atoms with E-state index >= 15 is 0 Å². The summed E-state index contributed by atoms with van der Waals surface area (Å²) in [6.45, 7) is 0. The Bertz CT molecular complexity index is 803. The minimum atomic E-state index is -0.444. The van der Waals surface area contributed by atoms with Gasteiger partial charge in [-0.1, -0.05) is 12.8 Å². The molecule has 4 heterocycles. The molecule has 6 nitrogen and oxygen atoms in total. The molecule has 5 rings (SSSR count). The Kier molecular flexibility index (Phi) is 4.13. The molecule has 0 N–H and O–H groups in total. The van der Waals surface area contributed by atoms with Crippen LogP contribution in [0.25, 0.3) is 0 Å². The van der Waals surface area contributed by atoms with E-state index in [-0.39, 0.29) is 35.9 Å². The van der Waals surface area contributed by atoms with Crippen molar-refractivity contribution in [3.63, 3.8) is 0 Å². The number of fused-ring (bicyclic) bond motifs is 6. The van der Waals surface area contributed by atoms with Crippen molar-refractivity contribution in [2.24, 2.45) is 11.8 Å². The number of anilines is 1. The number of rotatable bonds is 2. The normalized spacial score (nSPS) is 32.3. The maximum atomic E-state index is 13.2. The van der Waals surface area contributed by atoms with Crippen LogP contribution in [0.5, 0.6) is 0 Å². The molecule has 1 aliphatic carbocycles. The lowest BCUT2D eigenvalue weighted by atomic mass is 9.81. The van der Waals surface area contributed by atoms with Crippen molar-refractivity contribution in [3.05, 3.63) is 16.0 Å². The second-order valence-corrected chi connectivity index (χ2v) is 9.03. The quantitative estimate of drug-likeness (QED) is 0.574. The van der Waals surface area contributed by atoms with E-state index in [4.69, 9.17) is 9.47 Å². The molecule has 0 saturated carbocycles. The first-order valence-electron chi connectivity index (χ1n) is 9.88. The van der Waals surface area contributed by atoms with E-state index < -0.39 is 5.97 Å². The number of ether oxygens (including phenoxy) is 2. The Labute approximate surface area is 161 Å². The zero-order valence-electron chi connectivity index (χ0n) is 15.4. The molecule has 4 aliphatic rings. The molecule has 7 heteroatoms. The fourth-order valence-electron chi connectivity index (χ4n) is 5.29. The number of hydrogen-bond donors (Lipinski definition) is 0. The number of amides is 2. The molecule has 3 saturated heterocycles. The van der Waals surface area contributed by atoms with Gasteiger partial charge in [0.1, 0.15) is 5.00 Å². The van der Waals surface area contributed by atoms with Crippen molar-refractivity contribution in [1.82, 2.24) is 0 Å². The minimum Gasteiger partial charge on any atom is -0.465 e. The van der Waals surface area contributed by atoms with E-state index in [0.29, 0.717) is 10.6 Å². The monoisotopic (exact) mass is 389 g/mol. The first kappa shape index (κ1) is 17.4. The van der Waals surface area contributed by atoms with E-state index in [0.717, 1.165) is 55.4 Å². The Morgan fingerprint density at radius 1 is 1.04 bits per heavy atom. The summed E-state index contributed by atoms with van der Waals surface area (Å²) in [7, 11) is 1.36. The van der Waals surface area contributed by atoms with Gasteiger partial charge in [0.05, 0.1) is 36.7 Å². The van der Waals surface area contributed by atoms with E-state index in [1.54, 1.807) is 0 Å². The molecule has 1 aromatic rings. The number of esters is 1. The van der Waals surface area contributed by atoms with Crippen LogP contribution in [0.15, 0.2) is 0 Å². The summed E-state index contributed by atoms with van der Waals surface area (Å²) in [5, 5.41) is 0.484. The predicted molar refractivity (Wildman–Crippen MR) is 98.9 cm³/mol. The fourth-order valence-corrected chi connectivity index (χ4v) is 6.67. The molecule has 0 unspecified atom stereocenters. The summed E-state index contributed by atoms with van der Waals surface area (Å²) >= 11 is 1.44. The van der Waals surface area contributed by atoms with Gasteiger partial charge in [0, 0.05) is 4.88 Å². The van der Waals surface area contributed by atoms with Crippen LogP contribution in [0.2, 0.25) is 0 Å². The van der Waals surface area contributed by atoms with E-state index in [1.165, 1.54) is 29.8 Å². The zero-order chi connectivity index (χ0) is 18.7. The SMILES string of the molecule is COC(=O)c1c(N2C(=O)[C@@H]3[C@@H](C2=O)[C@H]2CC[C@@H]3O2)sc2c1CCCCCC2. The molecule has 2 amide bonds. The second-order valence-electron chi connectivity index (χ2n) is 7.94. The van der Waals surface area contributed by atoms with Gasteiger partial charge >= 0.3 is 5.97 Å². The summed E-state index contributed by atoms with van der Waals surface area (Å²) in [4.78, 5) is 41.4. The number of nitrogens with zero attached hydrogens (tertiary/aromatic N) is 1. The van der Waals surface area contributed by atoms with Crippen molar-refractivity contribution < 1.29 is 23.9 Å². The lowest BCUT2D eigenvalue weighted by Crippen LogP contribution is -2.34. The first-order valence-corrected chi connectivity index (χ1v) is 10.7. The molecule has 0 aromatic carbocycles. The summed E-state index contributed by atoms with van der Waals surface area (Å²) in [5.74, 6) is -1.61. The number of imide groups is 1.